The van der Waals surface area contributed by atoms with Gasteiger partial charge in [0, 0.05) is 17.4 Å². The average molecular weight is 582 g/mol. The molecule has 5 aromatic rings. The second kappa shape index (κ2) is 11.1. The minimum absolute atomic E-state index is 0.118. The number of furan rings is 1. The van der Waals surface area contributed by atoms with Gasteiger partial charge in [-0.25, -0.2) is 4.79 Å². The first-order chi connectivity index (χ1) is 19.9. The number of thiocarbonyl (C=S) groups is 1. The summed E-state index contributed by atoms with van der Waals surface area (Å²) in [5, 5.41) is 13.8. The molecule has 2 atom stereocenters. The number of aromatic nitrogens is 1. The molecule has 1 fully saturated rings. The van der Waals surface area contributed by atoms with Crippen LogP contribution in [0.3, 0.4) is 0 Å². The number of anilines is 1. The lowest BCUT2D eigenvalue weighted by molar-refractivity contribution is 0.0697. The number of aromatic carboxylic acids is 1. The second-order valence-electron chi connectivity index (χ2n) is 9.56. The number of carboxylic acid groups (broad SMARTS) is 1. The first-order valence-electron chi connectivity index (χ1n) is 12.9. The molecule has 0 aliphatic carbocycles. The maximum Gasteiger partial charge on any atom is 0.335 e. The number of hydrogen-bond donors (Lipinski definition) is 2. The average Bonchev–Trinajstić information content (AvgIpc) is 3.60. The van der Waals surface area contributed by atoms with E-state index in [1.807, 2.05) is 84.6 Å². The topological polar surface area (TPSA) is 87.8 Å². The zero-order valence-corrected chi connectivity index (χ0v) is 23.4. The number of hydrogen-bond acceptors (Lipinski definition) is 5. The van der Waals surface area contributed by atoms with Crippen LogP contribution in [-0.2, 0) is 0 Å². The predicted octanol–water partition coefficient (Wildman–Crippen LogP) is 7.97. The summed E-state index contributed by atoms with van der Waals surface area (Å²) in [4.78, 5) is 18.1. The van der Waals surface area contributed by atoms with Crippen LogP contribution in [0.2, 0.25) is 5.02 Å². The van der Waals surface area contributed by atoms with E-state index in [0.29, 0.717) is 33.0 Å². The van der Waals surface area contributed by atoms with Crippen LogP contribution in [0.25, 0.3) is 11.3 Å². The second-order valence-corrected chi connectivity index (χ2v) is 10.4. The van der Waals surface area contributed by atoms with Crippen molar-refractivity contribution in [1.29, 1.82) is 0 Å². The number of nitrogens with one attached hydrogen (secondary N) is 1. The van der Waals surface area contributed by atoms with Crippen LogP contribution in [0, 0.1) is 6.92 Å². The number of carboxylic acids is 1. The molecular formula is C32H24ClN3O4S. The Labute approximate surface area is 247 Å². The third-order valence-electron chi connectivity index (χ3n) is 6.93. The predicted molar refractivity (Wildman–Crippen MR) is 162 cm³/mol. The number of carbonyl (C=O) groups is 1. The van der Waals surface area contributed by atoms with Gasteiger partial charge in [-0.3, -0.25) is 4.98 Å². The highest BCUT2D eigenvalue weighted by Crippen LogP contribution is 2.44. The van der Waals surface area contributed by atoms with Gasteiger partial charge in [0.05, 0.1) is 22.3 Å². The molecule has 204 valence electrons. The van der Waals surface area contributed by atoms with Crippen molar-refractivity contribution in [2.45, 2.75) is 19.0 Å². The van der Waals surface area contributed by atoms with Crippen LogP contribution in [0.1, 0.15) is 39.5 Å². The smallest absolute Gasteiger partial charge is 0.335 e. The molecule has 0 amide bonds. The van der Waals surface area contributed by atoms with E-state index in [2.05, 4.69) is 10.3 Å². The zero-order chi connectivity index (χ0) is 28.5. The Morgan fingerprint density at radius 2 is 1.80 bits per heavy atom. The Bertz CT molecular complexity index is 1740. The van der Waals surface area contributed by atoms with Gasteiger partial charge in [-0.2, -0.15) is 0 Å². The van der Waals surface area contributed by atoms with E-state index in [9.17, 15) is 9.90 Å². The van der Waals surface area contributed by atoms with E-state index in [-0.39, 0.29) is 11.6 Å². The standard InChI is InChI=1S/C32H24ClN3O4S/c1-19-6-2-3-8-26(19)39-22-12-10-21(11-13-22)36-30(29(35-32(36)41)25-7-4-5-17-34-25)28-16-15-27(40-28)23-18-20(31(37)38)9-14-24(23)33/h2-18,29-30H,1H3,(H,35,41)(H,37,38)/t29-,30+/m1/s1. The Morgan fingerprint density at radius 1 is 1.02 bits per heavy atom. The SMILES string of the molecule is Cc1ccccc1Oc1ccc(N2C(=S)N[C@H](c3ccccn3)[C@@H]2c2ccc(-c3cc(C(=O)O)ccc3Cl)o2)cc1. The fraction of sp³-hybridized carbons (Fsp3) is 0.0938. The molecule has 0 bridgehead atoms. The molecule has 2 aromatic heterocycles. The van der Waals surface area contributed by atoms with E-state index < -0.39 is 12.0 Å². The maximum absolute atomic E-state index is 11.6. The van der Waals surface area contributed by atoms with Gasteiger partial charge in [0.15, 0.2) is 5.11 Å². The first kappa shape index (κ1) is 26.6. The Balaban J connectivity index is 1.37. The number of ether oxygens (including phenoxy) is 1. The molecule has 0 spiro atoms. The van der Waals surface area contributed by atoms with Crippen molar-refractivity contribution in [2.75, 3.05) is 4.90 Å². The van der Waals surface area contributed by atoms with Crippen LogP contribution in [0.5, 0.6) is 11.5 Å². The minimum Gasteiger partial charge on any atom is -0.478 e. The number of pyridine rings is 1. The van der Waals surface area contributed by atoms with Gasteiger partial charge in [0.1, 0.15) is 29.1 Å². The number of benzene rings is 3. The summed E-state index contributed by atoms with van der Waals surface area (Å²) in [5.41, 5.74) is 3.29. The number of aryl methyl sites for hydroxylation is 1. The van der Waals surface area contributed by atoms with Crippen molar-refractivity contribution < 1.29 is 19.1 Å². The van der Waals surface area contributed by atoms with Crippen molar-refractivity contribution in [3.8, 4) is 22.8 Å². The molecule has 2 N–H and O–H groups in total. The van der Waals surface area contributed by atoms with E-state index in [0.717, 1.165) is 22.7 Å². The molecule has 9 heteroatoms. The lowest BCUT2D eigenvalue weighted by Gasteiger charge is -2.26. The van der Waals surface area contributed by atoms with Gasteiger partial charge < -0.3 is 24.5 Å². The molecule has 0 unspecified atom stereocenters. The van der Waals surface area contributed by atoms with Crippen LogP contribution >= 0.6 is 23.8 Å². The van der Waals surface area contributed by atoms with Gasteiger partial charge in [0.25, 0.3) is 0 Å². The summed E-state index contributed by atoms with van der Waals surface area (Å²) < 4.78 is 12.5. The summed E-state index contributed by atoms with van der Waals surface area (Å²) in [6.07, 6.45) is 1.74. The van der Waals surface area contributed by atoms with Crippen LogP contribution in [0.4, 0.5) is 5.69 Å². The quantitative estimate of drug-likeness (QED) is 0.187. The number of para-hydroxylation sites is 1. The fourth-order valence-electron chi connectivity index (χ4n) is 4.90. The summed E-state index contributed by atoms with van der Waals surface area (Å²) in [6, 6.07) is 28.7. The van der Waals surface area contributed by atoms with Crippen molar-refractivity contribution in [3.05, 3.63) is 131 Å². The molecular weight excluding hydrogens is 558 g/mol. The third kappa shape index (κ3) is 5.27. The molecule has 7 nitrogen and oxygen atoms in total. The van der Waals surface area contributed by atoms with E-state index >= 15 is 0 Å². The molecule has 1 aliphatic rings. The Hall–Kier alpha value is -4.66. The summed E-state index contributed by atoms with van der Waals surface area (Å²) in [6.45, 7) is 2.00. The van der Waals surface area contributed by atoms with E-state index in [4.69, 9.17) is 33.0 Å². The Kier molecular flexibility index (Phi) is 7.17. The van der Waals surface area contributed by atoms with E-state index in [1.165, 1.54) is 12.1 Å². The maximum atomic E-state index is 11.6. The molecule has 0 radical (unpaired) electrons. The van der Waals surface area contributed by atoms with Gasteiger partial charge in [-0.1, -0.05) is 35.9 Å². The lowest BCUT2D eigenvalue weighted by atomic mass is 10.0. The van der Waals surface area contributed by atoms with Crippen LogP contribution < -0.4 is 15.0 Å². The molecule has 3 heterocycles. The molecule has 6 rings (SSSR count). The Morgan fingerprint density at radius 3 is 2.54 bits per heavy atom. The minimum atomic E-state index is -1.05. The normalized spacial score (nSPS) is 16.4. The van der Waals surface area contributed by atoms with Crippen LogP contribution in [0.15, 0.2) is 108 Å². The summed E-state index contributed by atoms with van der Waals surface area (Å²) >= 11 is 12.3. The highest BCUT2D eigenvalue weighted by atomic mass is 35.5. The summed E-state index contributed by atoms with van der Waals surface area (Å²) in [5.74, 6) is 1.51. The highest BCUT2D eigenvalue weighted by molar-refractivity contribution is 7.80. The van der Waals surface area contributed by atoms with E-state index in [1.54, 1.807) is 18.3 Å². The number of halogens is 1. The molecule has 41 heavy (non-hydrogen) atoms. The zero-order valence-electron chi connectivity index (χ0n) is 21.8. The fourth-order valence-corrected chi connectivity index (χ4v) is 5.45. The van der Waals surface area contributed by atoms with Crippen LogP contribution in [-0.4, -0.2) is 21.2 Å². The van der Waals surface area contributed by atoms with Crippen molar-refractivity contribution in [1.82, 2.24) is 10.3 Å². The first-order valence-corrected chi connectivity index (χ1v) is 13.6. The number of rotatable bonds is 7. The van der Waals surface area contributed by atoms with Gasteiger partial charge >= 0.3 is 5.97 Å². The number of nitrogens with zero attached hydrogens (tertiary/aromatic N) is 2. The van der Waals surface area contributed by atoms with Gasteiger partial charge in [-0.15, -0.1) is 0 Å². The van der Waals surface area contributed by atoms with Crippen molar-refractivity contribution in [2.24, 2.45) is 0 Å². The molecule has 3 aromatic carbocycles. The highest BCUT2D eigenvalue weighted by Gasteiger charge is 2.42. The largest absolute Gasteiger partial charge is 0.478 e. The van der Waals surface area contributed by atoms with Crippen molar-refractivity contribution in [3.63, 3.8) is 0 Å². The molecule has 1 aliphatic heterocycles. The van der Waals surface area contributed by atoms with Gasteiger partial charge in [-0.05, 0) is 97.5 Å². The summed E-state index contributed by atoms with van der Waals surface area (Å²) in [7, 11) is 0. The van der Waals surface area contributed by atoms with Crippen molar-refractivity contribution >= 4 is 40.6 Å². The molecule has 1 saturated heterocycles. The van der Waals surface area contributed by atoms with Gasteiger partial charge in [0.2, 0.25) is 0 Å². The third-order valence-corrected chi connectivity index (χ3v) is 7.58. The monoisotopic (exact) mass is 581 g/mol. The molecule has 0 saturated carbocycles. The lowest BCUT2D eigenvalue weighted by Crippen LogP contribution is -2.29.